The van der Waals surface area contributed by atoms with Gasteiger partial charge in [0.1, 0.15) is 0 Å². The highest BCUT2D eigenvalue weighted by Gasteiger charge is 2.18. The Bertz CT molecular complexity index is 939. The van der Waals surface area contributed by atoms with Crippen molar-refractivity contribution in [1.29, 1.82) is 0 Å². The summed E-state index contributed by atoms with van der Waals surface area (Å²) in [4.78, 5) is 12.6. The molecule has 0 spiro atoms. The molecule has 0 aliphatic rings. The fourth-order valence-corrected chi connectivity index (χ4v) is 3.45. The van der Waals surface area contributed by atoms with E-state index in [2.05, 4.69) is 0 Å². The van der Waals surface area contributed by atoms with Crippen molar-refractivity contribution in [3.8, 4) is 0 Å². The number of hydrogen-bond donors (Lipinski definition) is 0. The monoisotopic (exact) mass is 325 g/mol. The van der Waals surface area contributed by atoms with Gasteiger partial charge >= 0.3 is 0 Å². The molecule has 0 saturated carbocycles. The molecule has 0 saturated heterocycles. The predicted octanol–water partition coefficient (Wildman–Crippen LogP) is 3.26. The van der Waals surface area contributed by atoms with Gasteiger partial charge in [-0.25, -0.2) is 12.4 Å². The first-order chi connectivity index (χ1) is 11.0. The van der Waals surface area contributed by atoms with Crippen LogP contribution in [0.25, 0.3) is 0 Å². The lowest BCUT2D eigenvalue weighted by Crippen LogP contribution is -2.11. The van der Waals surface area contributed by atoms with Gasteiger partial charge in [-0.3, -0.25) is 4.79 Å². The molecule has 0 N–H and O–H groups in total. The smallest absolute Gasteiger partial charge is 0.267 e. The second-order valence-corrected chi connectivity index (χ2v) is 7.09. The van der Waals surface area contributed by atoms with Gasteiger partial charge in [0.25, 0.3) is 10.0 Å². The largest absolute Gasteiger partial charge is 0.289 e. The Kier molecular flexibility index (Phi) is 3.88. The van der Waals surface area contributed by atoms with Crippen LogP contribution in [-0.2, 0) is 10.0 Å². The van der Waals surface area contributed by atoms with Gasteiger partial charge in [-0.05, 0) is 25.1 Å². The van der Waals surface area contributed by atoms with Crippen LogP contribution in [0.3, 0.4) is 0 Å². The molecule has 0 amide bonds. The molecule has 3 aromatic rings. The molecule has 2 aromatic carbocycles. The van der Waals surface area contributed by atoms with Crippen LogP contribution in [0, 0.1) is 6.92 Å². The van der Waals surface area contributed by atoms with Crippen molar-refractivity contribution in [2.75, 3.05) is 0 Å². The number of nitrogens with zero attached hydrogens (tertiary/aromatic N) is 1. The first-order valence-corrected chi connectivity index (χ1v) is 8.52. The van der Waals surface area contributed by atoms with Gasteiger partial charge in [-0.2, -0.15) is 0 Å². The third-order valence-electron chi connectivity index (χ3n) is 3.56. The lowest BCUT2D eigenvalue weighted by atomic mass is 10.1. The number of carbonyl (C=O) groups excluding carboxylic acids is 1. The Balaban J connectivity index is 1.95. The van der Waals surface area contributed by atoms with Gasteiger partial charge in [-0.15, -0.1) is 0 Å². The first-order valence-electron chi connectivity index (χ1n) is 7.08. The number of rotatable bonds is 4. The minimum absolute atomic E-state index is 0.192. The molecule has 0 radical (unpaired) electrons. The summed E-state index contributed by atoms with van der Waals surface area (Å²) in [7, 11) is -3.69. The molecule has 0 aliphatic heterocycles. The van der Waals surface area contributed by atoms with E-state index in [1.165, 1.54) is 18.5 Å². The van der Waals surface area contributed by atoms with Crippen LogP contribution >= 0.6 is 0 Å². The van der Waals surface area contributed by atoms with E-state index < -0.39 is 10.0 Å². The van der Waals surface area contributed by atoms with E-state index >= 15 is 0 Å². The summed E-state index contributed by atoms with van der Waals surface area (Å²) < 4.78 is 26.2. The third kappa shape index (κ3) is 2.96. The molecule has 0 fully saturated rings. The quantitative estimate of drug-likeness (QED) is 0.692. The van der Waals surface area contributed by atoms with E-state index in [4.69, 9.17) is 0 Å². The molecule has 4 nitrogen and oxygen atoms in total. The minimum atomic E-state index is -3.69. The molecule has 3 rings (SSSR count). The number of aromatic nitrogens is 1. The number of aryl methyl sites for hydroxylation is 1. The second kappa shape index (κ2) is 5.85. The zero-order valence-electron chi connectivity index (χ0n) is 12.5. The van der Waals surface area contributed by atoms with Crippen molar-refractivity contribution < 1.29 is 13.2 Å². The van der Waals surface area contributed by atoms with Gasteiger partial charge in [0, 0.05) is 23.5 Å². The van der Waals surface area contributed by atoms with Gasteiger partial charge in [0.15, 0.2) is 5.78 Å². The highest BCUT2D eigenvalue weighted by molar-refractivity contribution is 7.90. The molecular formula is C18H15NO3S. The van der Waals surface area contributed by atoms with Gasteiger partial charge in [0.2, 0.25) is 0 Å². The maximum Gasteiger partial charge on any atom is 0.267 e. The lowest BCUT2D eigenvalue weighted by Gasteiger charge is -2.05. The molecule has 0 bridgehead atoms. The molecule has 0 atom stereocenters. The van der Waals surface area contributed by atoms with E-state index in [1.807, 2.05) is 13.0 Å². The maximum atomic E-state index is 12.6. The topological polar surface area (TPSA) is 56.1 Å². The number of carbonyl (C=O) groups is 1. The van der Waals surface area contributed by atoms with E-state index in [-0.39, 0.29) is 10.7 Å². The van der Waals surface area contributed by atoms with Crippen LogP contribution < -0.4 is 0 Å². The van der Waals surface area contributed by atoms with E-state index in [1.54, 1.807) is 48.5 Å². The molecule has 23 heavy (non-hydrogen) atoms. The van der Waals surface area contributed by atoms with Crippen molar-refractivity contribution in [3.63, 3.8) is 0 Å². The standard InChI is InChI=1S/C18H15NO3S/c1-14-7-9-17(10-8-14)23(21,22)19-12-11-16(13-19)18(20)15-5-3-2-4-6-15/h2-13H,1H3. The third-order valence-corrected chi connectivity index (χ3v) is 5.21. The Morgan fingerprint density at radius 3 is 2.17 bits per heavy atom. The van der Waals surface area contributed by atoms with Crippen LogP contribution in [0.5, 0.6) is 0 Å². The van der Waals surface area contributed by atoms with Crippen LogP contribution in [0.2, 0.25) is 0 Å². The van der Waals surface area contributed by atoms with Crippen molar-refractivity contribution in [1.82, 2.24) is 3.97 Å². The highest BCUT2D eigenvalue weighted by atomic mass is 32.2. The minimum Gasteiger partial charge on any atom is -0.289 e. The molecule has 1 heterocycles. The van der Waals surface area contributed by atoms with Crippen molar-refractivity contribution in [2.24, 2.45) is 0 Å². The lowest BCUT2D eigenvalue weighted by molar-refractivity contribution is 0.103. The van der Waals surface area contributed by atoms with Gasteiger partial charge in [-0.1, -0.05) is 48.0 Å². The van der Waals surface area contributed by atoms with Crippen molar-refractivity contribution in [3.05, 3.63) is 89.7 Å². The number of benzene rings is 2. The molecule has 5 heteroatoms. The van der Waals surface area contributed by atoms with E-state index in [9.17, 15) is 13.2 Å². The molecule has 116 valence electrons. The molecule has 0 unspecified atom stereocenters. The van der Waals surface area contributed by atoms with Crippen molar-refractivity contribution >= 4 is 15.8 Å². The van der Waals surface area contributed by atoms with E-state index in [0.29, 0.717) is 11.1 Å². The Morgan fingerprint density at radius 2 is 1.52 bits per heavy atom. The summed E-state index contributed by atoms with van der Waals surface area (Å²) in [6, 6.07) is 16.9. The number of hydrogen-bond acceptors (Lipinski definition) is 3. The summed E-state index contributed by atoms with van der Waals surface area (Å²) in [5, 5.41) is 0. The zero-order valence-corrected chi connectivity index (χ0v) is 13.3. The first kappa shape index (κ1) is 15.2. The van der Waals surface area contributed by atoms with Crippen molar-refractivity contribution in [2.45, 2.75) is 11.8 Å². The number of ketones is 1. The van der Waals surface area contributed by atoms with Crippen LogP contribution in [0.15, 0.2) is 78.0 Å². The van der Waals surface area contributed by atoms with Gasteiger partial charge in [0.05, 0.1) is 4.90 Å². The van der Waals surface area contributed by atoms with Crippen LogP contribution in [-0.4, -0.2) is 18.2 Å². The maximum absolute atomic E-state index is 12.6. The molecule has 1 aromatic heterocycles. The summed E-state index contributed by atoms with van der Waals surface area (Å²) >= 11 is 0. The average Bonchev–Trinajstić information content (AvgIpc) is 3.06. The van der Waals surface area contributed by atoms with Crippen LogP contribution in [0.1, 0.15) is 21.5 Å². The molecular weight excluding hydrogens is 310 g/mol. The Morgan fingerprint density at radius 1 is 0.870 bits per heavy atom. The summed E-state index contributed by atoms with van der Waals surface area (Å²) in [5.74, 6) is -0.205. The summed E-state index contributed by atoms with van der Waals surface area (Å²) in [6.07, 6.45) is 2.75. The summed E-state index contributed by atoms with van der Waals surface area (Å²) in [6.45, 7) is 1.89. The predicted molar refractivity (Wildman–Crippen MR) is 88.1 cm³/mol. The Labute approximate surface area is 135 Å². The fourth-order valence-electron chi connectivity index (χ4n) is 2.25. The average molecular weight is 325 g/mol. The molecule has 0 aliphatic carbocycles. The van der Waals surface area contributed by atoms with E-state index in [0.717, 1.165) is 9.54 Å². The van der Waals surface area contributed by atoms with Crippen LogP contribution in [0.4, 0.5) is 0 Å². The zero-order chi connectivity index (χ0) is 16.4. The summed E-state index contributed by atoms with van der Waals surface area (Å²) in [5.41, 5.74) is 1.85. The van der Waals surface area contributed by atoms with Gasteiger partial charge < -0.3 is 0 Å². The second-order valence-electron chi connectivity index (χ2n) is 5.24. The Hall–Kier alpha value is -2.66. The fraction of sp³-hybridized carbons (Fsp3) is 0.0556. The normalized spacial score (nSPS) is 11.3. The highest BCUT2D eigenvalue weighted by Crippen LogP contribution is 2.17. The SMILES string of the molecule is Cc1ccc(S(=O)(=O)n2ccc(C(=O)c3ccccc3)c2)cc1.